The van der Waals surface area contributed by atoms with Gasteiger partial charge in [0.05, 0.1) is 7.11 Å². The Morgan fingerprint density at radius 1 is 1.38 bits per heavy atom. The molecular weight excluding hydrogens is 360 g/mol. The molecule has 10 heteroatoms. The number of methoxy groups -OCH3 is 1. The van der Waals surface area contributed by atoms with Crippen molar-refractivity contribution in [2.75, 3.05) is 18.2 Å². The van der Waals surface area contributed by atoms with Crippen LogP contribution < -0.4 is 21.3 Å². The summed E-state index contributed by atoms with van der Waals surface area (Å²) in [6.45, 7) is 1.71. The number of nitrogen functional groups attached to an aromatic ring is 1. The molecule has 0 bridgehead atoms. The van der Waals surface area contributed by atoms with Gasteiger partial charge >= 0.3 is 5.97 Å². The number of nitrogens with one attached hydrogen (secondary N) is 2. The fourth-order valence-corrected chi connectivity index (χ4v) is 2.86. The lowest BCUT2D eigenvalue weighted by molar-refractivity contribution is -0.136. The van der Waals surface area contributed by atoms with E-state index in [0.29, 0.717) is 17.7 Å². The van der Waals surface area contributed by atoms with E-state index in [-0.39, 0.29) is 16.7 Å². The van der Waals surface area contributed by atoms with Gasteiger partial charge in [0.1, 0.15) is 16.7 Å². The smallest absolute Gasteiger partial charge is 0.317 e. The van der Waals surface area contributed by atoms with Crippen molar-refractivity contribution in [3.63, 3.8) is 0 Å². The normalized spacial score (nSPS) is 11.6. The molecule has 0 unspecified atom stereocenters. The molecule has 0 radical (unpaired) electrons. The van der Waals surface area contributed by atoms with Gasteiger partial charge in [-0.3, -0.25) is 19.4 Å². The molecule has 26 heavy (non-hydrogen) atoms. The summed E-state index contributed by atoms with van der Waals surface area (Å²) in [7, 11) is 1.51. The molecule has 1 atom stereocenters. The molecule has 0 fully saturated rings. The predicted molar refractivity (Wildman–Crippen MR) is 97.8 cm³/mol. The molecule has 0 saturated heterocycles. The van der Waals surface area contributed by atoms with Gasteiger partial charge in [-0.2, -0.15) is 0 Å². The Balaban J connectivity index is 2.20. The van der Waals surface area contributed by atoms with E-state index in [2.05, 4.69) is 15.3 Å². The first-order valence-corrected chi connectivity index (χ1v) is 8.48. The minimum absolute atomic E-state index is 0.0733. The Bertz CT molecular complexity index is 866. The topological polar surface area (TPSA) is 147 Å². The average molecular weight is 378 g/mol. The highest BCUT2D eigenvalue weighted by Crippen LogP contribution is 2.23. The minimum Gasteiger partial charge on any atom is -0.497 e. The fraction of sp³-hybridized carbons (Fsp3) is 0.250. The molecule has 1 heterocycles. The molecule has 5 N–H and O–H groups in total. The number of thioether (sulfide) groups is 1. The average Bonchev–Trinajstić information content (AvgIpc) is 2.62. The molecule has 138 valence electrons. The van der Waals surface area contributed by atoms with Crippen molar-refractivity contribution in [2.24, 2.45) is 0 Å². The van der Waals surface area contributed by atoms with E-state index in [1.54, 1.807) is 19.1 Å². The molecule has 1 aromatic carbocycles. The standard InChI is InChI=1S/C16H18N4O5S/c1-3-10(15(23)24)26-16-19-12(17)11(14(22)20-16)18-13(21)8-4-6-9(25-2)7-5-8/h4-7,10H,3H2,1-2H3,(H,18,21)(H,23,24)(H3,17,19,20,22)/t10-/m1/s1. The Hall–Kier alpha value is -3.01. The highest BCUT2D eigenvalue weighted by Gasteiger charge is 2.20. The molecule has 0 saturated carbocycles. The molecule has 2 rings (SSSR count). The zero-order valence-electron chi connectivity index (χ0n) is 14.1. The quantitative estimate of drug-likeness (QED) is 0.419. The lowest BCUT2D eigenvalue weighted by Crippen LogP contribution is -2.24. The predicted octanol–water partition coefficient (Wildman–Crippen LogP) is 1.57. The van der Waals surface area contributed by atoms with Crippen molar-refractivity contribution < 1.29 is 19.4 Å². The molecule has 0 aliphatic heterocycles. The number of nitrogens with two attached hydrogens (primary N) is 1. The van der Waals surface area contributed by atoms with Crippen LogP contribution in [-0.4, -0.2) is 39.3 Å². The van der Waals surface area contributed by atoms with Crippen LogP contribution in [-0.2, 0) is 4.79 Å². The van der Waals surface area contributed by atoms with E-state index in [1.807, 2.05) is 0 Å². The van der Waals surface area contributed by atoms with E-state index in [4.69, 9.17) is 15.6 Å². The third kappa shape index (κ3) is 4.54. The molecule has 0 aliphatic carbocycles. The second-order valence-electron chi connectivity index (χ2n) is 5.17. The lowest BCUT2D eigenvalue weighted by atomic mass is 10.2. The lowest BCUT2D eigenvalue weighted by Gasteiger charge is -2.11. The van der Waals surface area contributed by atoms with E-state index in [9.17, 15) is 14.4 Å². The number of amides is 1. The van der Waals surface area contributed by atoms with Gasteiger partial charge in [-0.25, -0.2) is 4.98 Å². The van der Waals surface area contributed by atoms with Crippen molar-refractivity contribution in [1.29, 1.82) is 0 Å². The Labute approximate surface area is 153 Å². The first kappa shape index (κ1) is 19.3. The first-order chi connectivity index (χ1) is 12.3. The number of hydrogen-bond donors (Lipinski definition) is 4. The van der Waals surface area contributed by atoms with Crippen molar-refractivity contribution in [2.45, 2.75) is 23.8 Å². The summed E-state index contributed by atoms with van der Waals surface area (Å²) in [4.78, 5) is 41.9. The number of ether oxygens (including phenoxy) is 1. The van der Waals surface area contributed by atoms with Gasteiger partial charge in [0.2, 0.25) is 0 Å². The number of carbonyl (C=O) groups is 2. The Morgan fingerprint density at radius 3 is 2.54 bits per heavy atom. The number of carboxylic acids is 1. The van der Waals surface area contributed by atoms with Crippen LogP contribution in [0.2, 0.25) is 0 Å². The summed E-state index contributed by atoms with van der Waals surface area (Å²) in [6, 6.07) is 6.29. The van der Waals surface area contributed by atoms with Crippen LogP contribution >= 0.6 is 11.8 Å². The van der Waals surface area contributed by atoms with Gasteiger partial charge in [0, 0.05) is 5.56 Å². The zero-order valence-corrected chi connectivity index (χ0v) is 14.9. The number of hydrogen-bond acceptors (Lipinski definition) is 7. The number of carboxylic acid groups (broad SMARTS) is 1. The van der Waals surface area contributed by atoms with Crippen LogP contribution in [0.25, 0.3) is 0 Å². The van der Waals surface area contributed by atoms with E-state index < -0.39 is 22.7 Å². The molecule has 2 aromatic rings. The monoisotopic (exact) mass is 378 g/mol. The summed E-state index contributed by atoms with van der Waals surface area (Å²) in [5, 5.41) is 10.8. The molecule has 1 amide bonds. The van der Waals surface area contributed by atoms with Gasteiger partial charge in [-0.05, 0) is 30.7 Å². The van der Waals surface area contributed by atoms with Gasteiger partial charge in [0.15, 0.2) is 11.0 Å². The number of nitrogens with zero attached hydrogens (tertiary/aromatic N) is 1. The number of H-pyrrole nitrogens is 1. The fourth-order valence-electron chi connectivity index (χ4n) is 2.02. The SMILES string of the molecule is CC[C@@H](Sc1nc(N)c(NC(=O)c2ccc(OC)cc2)c(=O)[nH]1)C(=O)O. The number of aliphatic carboxylic acids is 1. The van der Waals surface area contributed by atoms with Crippen molar-refractivity contribution in [1.82, 2.24) is 9.97 Å². The second kappa shape index (κ2) is 8.39. The molecule has 1 aromatic heterocycles. The maximum absolute atomic E-state index is 12.2. The third-order valence-corrected chi connectivity index (χ3v) is 4.65. The minimum atomic E-state index is -1.02. The summed E-state index contributed by atoms with van der Waals surface area (Å²) in [6.07, 6.45) is 0.347. The summed E-state index contributed by atoms with van der Waals surface area (Å²) < 4.78 is 5.02. The van der Waals surface area contributed by atoms with Gasteiger partial charge in [0.25, 0.3) is 11.5 Å². The van der Waals surface area contributed by atoms with Crippen LogP contribution in [0, 0.1) is 0 Å². The number of carbonyl (C=O) groups excluding carboxylic acids is 1. The maximum atomic E-state index is 12.2. The molecule has 9 nitrogen and oxygen atoms in total. The number of aromatic nitrogens is 2. The number of benzene rings is 1. The Kier molecular flexibility index (Phi) is 6.23. The first-order valence-electron chi connectivity index (χ1n) is 7.60. The molecular formula is C16H18N4O5S. The second-order valence-corrected chi connectivity index (χ2v) is 6.36. The van der Waals surface area contributed by atoms with Gasteiger partial charge < -0.3 is 20.9 Å². The summed E-state index contributed by atoms with van der Waals surface area (Å²) in [5.41, 5.74) is 5.21. The largest absolute Gasteiger partial charge is 0.497 e. The Morgan fingerprint density at radius 2 is 2.04 bits per heavy atom. The highest BCUT2D eigenvalue weighted by atomic mass is 32.2. The summed E-state index contributed by atoms with van der Waals surface area (Å²) >= 11 is 0.880. The van der Waals surface area contributed by atoms with Crippen molar-refractivity contribution in [3.8, 4) is 5.75 Å². The highest BCUT2D eigenvalue weighted by molar-refractivity contribution is 8.00. The van der Waals surface area contributed by atoms with Gasteiger partial charge in [-0.1, -0.05) is 18.7 Å². The van der Waals surface area contributed by atoms with Crippen molar-refractivity contribution in [3.05, 3.63) is 40.2 Å². The summed E-state index contributed by atoms with van der Waals surface area (Å²) in [5.74, 6) is -1.16. The van der Waals surface area contributed by atoms with Crippen LogP contribution in [0.1, 0.15) is 23.7 Å². The van der Waals surface area contributed by atoms with Crippen LogP contribution in [0.15, 0.2) is 34.2 Å². The van der Waals surface area contributed by atoms with Crippen LogP contribution in [0.3, 0.4) is 0 Å². The van der Waals surface area contributed by atoms with E-state index in [0.717, 1.165) is 11.8 Å². The zero-order chi connectivity index (χ0) is 19.3. The molecule has 0 spiro atoms. The van der Waals surface area contributed by atoms with E-state index in [1.165, 1.54) is 19.2 Å². The van der Waals surface area contributed by atoms with Gasteiger partial charge in [-0.15, -0.1) is 0 Å². The number of anilines is 2. The maximum Gasteiger partial charge on any atom is 0.317 e. The molecule has 0 aliphatic rings. The van der Waals surface area contributed by atoms with E-state index >= 15 is 0 Å². The number of rotatable bonds is 7. The third-order valence-electron chi connectivity index (χ3n) is 3.42. The van der Waals surface area contributed by atoms with Crippen LogP contribution in [0.5, 0.6) is 5.75 Å². The van der Waals surface area contributed by atoms with Crippen molar-refractivity contribution >= 4 is 35.1 Å². The number of aromatic amines is 1. The van der Waals surface area contributed by atoms with Crippen LogP contribution in [0.4, 0.5) is 11.5 Å².